The molecule has 0 radical (unpaired) electrons. The Morgan fingerprint density at radius 3 is 3.00 bits per heavy atom. The number of imidazole rings is 1. The van der Waals surface area contributed by atoms with Crippen LogP contribution in [0.15, 0.2) is 36.8 Å². The SMILES string of the molecule is CCCn1cncc1CN[C@@H](C)c1cccc(F)c1. The van der Waals surface area contributed by atoms with E-state index in [1.165, 1.54) is 6.07 Å². The van der Waals surface area contributed by atoms with Gasteiger partial charge in [-0.3, -0.25) is 0 Å². The molecule has 0 spiro atoms. The van der Waals surface area contributed by atoms with E-state index in [0.717, 1.165) is 30.8 Å². The van der Waals surface area contributed by atoms with Gasteiger partial charge in [-0.1, -0.05) is 19.1 Å². The number of hydrogen-bond donors (Lipinski definition) is 1. The first-order valence-electron chi connectivity index (χ1n) is 6.68. The minimum absolute atomic E-state index is 0.112. The second-order valence-corrected chi connectivity index (χ2v) is 4.74. The van der Waals surface area contributed by atoms with Crippen molar-refractivity contribution in [3.05, 3.63) is 53.9 Å². The summed E-state index contributed by atoms with van der Waals surface area (Å²) in [4.78, 5) is 4.17. The van der Waals surface area contributed by atoms with E-state index in [9.17, 15) is 4.39 Å². The molecule has 1 atom stereocenters. The van der Waals surface area contributed by atoms with Gasteiger partial charge in [-0.25, -0.2) is 9.37 Å². The molecule has 2 aromatic rings. The lowest BCUT2D eigenvalue weighted by molar-refractivity contribution is 0.537. The molecule has 0 aliphatic heterocycles. The lowest BCUT2D eigenvalue weighted by Gasteiger charge is -2.15. The van der Waals surface area contributed by atoms with Crippen molar-refractivity contribution in [3.63, 3.8) is 0 Å². The fourth-order valence-corrected chi connectivity index (χ4v) is 2.09. The molecule has 0 amide bonds. The van der Waals surface area contributed by atoms with Gasteiger partial charge in [-0.2, -0.15) is 0 Å². The van der Waals surface area contributed by atoms with Crippen molar-refractivity contribution in [1.82, 2.24) is 14.9 Å². The smallest absolute Gasteiger partial charge is 0.123 e. The van der Waals surface area contributed by atoms with Crippen LogP contribution in [0.5, 0.6) is 0 Å². The van der Waals surface area contributed by atoms with Gasteiger partial charge in [0.05, 0.1) is 12.0 Å². The standard InChI is InChI=1S/C15H20FN3/c1-3-7-19-11-17-9-15(19)10-18-12(2)13-5-4-6-14(16)8-13/h4-6,8-9,11-12,18H,3,7,10H2,1-2H3/t12-/m0/s1. The van der Waals surface area contributed by atoms with Gasteiger partial charge in [0, 0.05) is 25.3 Å². The zero-order chi connectivity index (χ0) is 13.7. The molecule has 2 rings (SSSR count). The number of halogens is 1. The van der Waals surface area contributed by atoms with Crippen molar-refractivity contribution in [3.8, 4) is 0 Å². The molecule has 1 aromatic heterocycles. The average molecular weight is 261 g/mol. The summed E-state index contributed by atoms with van der Waals surface area (Å²) >= 11 is 0. The van der Waals surface area contributed by atoms with E-state index in [0.29, 0.717) is 0 Å². The number of aromatic nitrogens is 2. The normalized spacial score (nSPS) is 12.6. The van der Waals surface area contributed by atoms with E-state index in [-0.39, 0.29) is 11.9 Å². The predicted molar refractivity (Wildman–Crippen MR) is 74.2 cm³/mol. The molecular weight excluding hydrogens is 241 g/mol. The zero-order valence-corrected chi connectivity index (χ0v) is 11.4. The van der Waals surface area contributed by atoms with Gasteiger partial charge in [-0.05, 0) is 31.0 Å². The minimum atomic E-state index is -0.192. The van der Waals surface area contributed by atoms with Crippen LogP contribution in [-0.4, -0.2) is 9.55 Å². The molecule has 0 aliphatic carbocycles. The van der Waals surface area contributed by atoms with Gasteiger partial charge >= 0.3 is 0 Å². The maximum atomic E-state index is 13.2. The summed E-state index contributed by atoms with van der Waals surface area (Å²) in [6, 6.07) is 6.82. The molecule has 0 unspecified atom stereocenters. The molecular formula is C15H20FN3. The number of rotatable bonds is 6. The number of aryl methyl sites for hydroxylation is 1. The molecule has 0 saturated heterocycles. The van der Waals surface area contributed by atoms with Crippen molar-refractivity contribution in [2.24, 2.45) is 0 Å². The maximum absolute atomic E-state index is 13.2. The Hall–Kier alpha value is -1.68. The van der Waals surface area contributed by atoms with Crippen LogP contribution in [0, 0.1) is 5.82 Å². The molecule has 0 saturated carbocycles. The van der Waals surface area contributed by atoms with Crippen molar-refractivity contribution in [2.45, 2.75) is 39.4 Å². The van der Waals surface area contributed by atoms with E-state index in [2.05, 4.69) is 21.8 Å². The molecule has 1 N–H and O–H groups in total. The molecule has 1 aromatic carbocycles. The van der Waals surface area contributed by atoms with Crippen LogP contribution in [-0.2, 0) is 13.1 Å². The fraction of sp³-hybridized carbons (Fsp3) is 0.400. The fourth-order valence-electron chi connectivity index (χ4n) is 2.09. The van der Waals surface area contributed by atoms with Crippen LogP contribution >= 0.6 is 0 Å². The lowest BCUT2D eigenvalue weighted by atomic mass is 10.1. The van der Waals surface area contributed by atoms with Crippen molar-refractivity contribution < 1.29 is 4.39 Å². The maximum Gasteiger partial charge on any atom is 0.123 e. The Morgan fingerprint density at radius 1 is 1.42 bits per heavy atom. The van der Waals surface area contributed by atoms with Gasteiger partial charge < -0.3 is 9.88 Å². The zero-order valence-electron chi connectivity index (χ0n) is 11.4. The van der Waals surface area contributed by atoms with Gasteiger partial charge in [0.1, 0.15) is 5.82 Å². The van der Waals surface area contributed by atoms with Gasteiger partial charge in [0.15, 0.2) is 0 Å². The highest BCUT2D eigenvalue weighted by molar-refractivity contribution is 5.19. The lowest BCUT2D eigenvalue weighted by Crippen LogP contribution is -2.20. The summed E-state index contributed by atoms with van der Waals surface area (Å²) in [6.07, 6.45) is 4.82. The minimum Gasteiger partial charge on any atom is -0.333 e. The highest BCUT2D eigenvalue weighted by Crippen LogP contribution is 2.14. The summed E-state index contributed by atoms with van der Waals surface area (Å²) < 4.78 is 15.3. The van der Waals surface area contributed by atoms with E-state index in [4.69, 9.17) is 0 Å². The van der Waals surface area contributed by atoms with Crippen LogP contribution in [0.4, 0.5) is 4.39 Å². The summed E-state index contributed by atoms with van der Waals surface area (Å²) in [5.41, 5.74) is 2.12. The quantitative estimate of drug-likeness (QED) is 0.864. The summed E-state index contributed by atoms with van der Waals surface area (Å²) in [5, 5.41) is 3.40. The molecule has 4 heteroatoms. The highest BCUT2D eigenvalue weighted by atomic mass is 19.1. The largest absolute Gasteiger partial charge is 0.333 e. The van der Waals surface area contributed by atoms with Crippen LogP contribution in [0.25, 0.3) is 0 Å². The monoisotopic (exact) mass is 261 g/mol. The van der Waals surface area contributed by atoms with Crippen LogP contribution in [0.3, 0.4) is 0 Å². The second kappa shape index (κ2) is 6.48. The molecule has 0 aliphatic rings. The van der Waals surface area contributed by atoms with Crippen molar-refractivity contribution in [2.75, 3.05) is 0 Å². The summed E-state index contributed by atoms with van der Waals surface area (Å²) in [7, 11) is 0. The Kier molecular flexibility index (Phi) is 4.68. The van der Waals surface area contributed by atoms with E-state index < -0.39 is 0 Å². The van der Waals surface area contributed by atoms with E-state index in [1.807, 2.05) is 25.5 Å². The first-order valence-corrected chi connectivity index (χ1v) is 6.68. The van der Waals surface area contributed by atoms with Crippen LogP contribution < -0.4 is 5.32 Å². The molecule has 102 valence electrons. The first kappa shape index (κ1) is 13.7. The Bertz CT molecular complexity index is 522. The second-order valence-electron chi connectivity index (χ2n) is 4.74. The molecule has 3 nitrogen and oxygen atoms in total. The van der Waals surface area contributed by atoms with E-state index in [1.54, 1.807) is 12.1 Å². The van der Waals surface area contributed by atoms with Gasteiger partial charge in [0.2, 0.25) is 0 Å². The third kappa shape index (κ3) is 3.64. The molecule has 0 fully saturated rings. The molecule has 19 heavy (non-hydrogen) atoms. The van der Waals surface area contributed by atoms with Crippen molar-refractivity contribution in [1.29, 1.82) is 0 Å². The molecule has 1 heterocycles. The summed E-state index contributed by atoms with van der Waals surface area (Å²) in [5.74, 6) is -0.192. The third-order valence-corrected chi connectivity index (χ3v) is 3.20. The van der Waals surface area contributed by atoms with Crippen LogP contribution in [0.1, 0.15) is 37.6 Å². The number of hydrogen-bond acceptors (Lipinski definition) is 2. The van der Waals surface area contributed by atoms with Crippen molar-refractivity contribution >= 4 is 0 Å². The number of nitrogens with one attached hydrogen (secondary N) is 1. The summed E-state index contributed by atoms with van der Waals surface area (Å²) in [6.45, 7) is 5.89. The predicted octanol–water partition coefficient (Wildman–Crippen LogP) is 3.28. The Morgan fingerprint density at radius 2 is 2.26 bits per heavy atom. The Labute approximate surface area is 113 Å². The van der Waals surface area contributed by atoms with Gasteiger partial charge in [-0.15, -0.1) is 0 Å². The Balaban J connectivity index is 1.96. The van der Waals surface area contributed by atoms with Gasteiger partial charge in [0.25, 0.3) is 0 Å². The highest BCUT2D eigenvalue weighted by Gasteiger charge is 2.07. The van der Waals surface area contributed by atoms with E-state index >= 15 is 0 Å². The third-order valence-electron chi connectivity index (χ3n) is 3.20. The van der Waals surface area contributed by atoms with Crippen LogP contribution in [0.2, 0.25) is 0 Å². The molecule has 0 bridgehead atoms. The first-order chi connectivity index (χ1) is 9.20. The number of nitrogens with zero attached hydrogens (tertiary/aromatic N) is 2. The average Bonchev–Trinajstić information content (AvgIpc) is 2.84. The number of benzene rings is 1. The topological polar surface area (TPSA) is 29.9 Å².